The van der Waals surface area contributed by atoms with Gasteiger partial charge in [-0.1, -0.05) is 26.0 Å². The van der Waals surface area contributed by atoms with E-state index in [0.717, 1.165) is 11.3 Å². The second kappa shape index (κ2) is 2.89. The van der Waals surface area contributed by atoms with Crippen molar-refractivity contribution >= 4 is 17.1 Å². The molecule has 78 valence electrons. The minimum Gasteiger partial charge on any atom is -0.258 e. The van der Waals surface area contributed by atoms with E-state index in [1.165, 1.54) is 6.07 Å². The van der Waals surface area contributed by atoms with Crippen molar-refractivity contribution in [2.24, 2.45) is 4.99 Å². The number of benzene rings is 1. The van der Waals surface area contributed by atoms with Crippen molar-refractivity contribution in [3.63, 3.8) is 0 Å². The molecular formula is C11H12N2O2. The molecule has 1 aliphatic rings. The minimum absolute atomic E-state index is 0.0948. The van der Waals surface area contributed by atoms with Gasteiger partial charge in [0.15, 0.2) is 0 Å². The van der Waals surface area contributed by atoms with E-state index >= 15 is 0 Å². The van der Waals surface area contributed by atoms with Crippen LogP contribution in [0.5, 0.6) is 0 Å². The van der Waals surface area contributed by atoms with Crippen LogP contribution in [0, 0.1) is 10.1 Å². The van der Waals surface area contributed by atoms with Gasteiger partial charge in [-0.3, -0.25) is 10.1 Å². The fourth-order valence-electron chi connectivity index (χ4n) is 1.80. The topological polar surface area (TPSA) is 55.5 Å². The first-order valence-electron chi connectivity index (χ1n) is 4.78. The van der Waals surface area contributed by atoms with E-state index in [0.29, 0.717) is 5.69 Å². The van der Waals surface area contributed by atoms with Gasteiger partial charge in [-0.05, 0) is 12.5 Å². The van der Waals surface area contributed by atoms with E-state index in [2.05, 4.69) is 4.99 Å². The average Bonchev–Trinajstić information content (AvgIpc) is 2.38. The first-order valence-corrected chi connectivity index (χ1v) is 4.78. The standard InChI is InChI=1S/C11H12N2O2/c1-7-11(2,3)8-5-4-6-9(13(14)15)10(8)12-7/h4-6H,1-3H3. The van der Waals surface area contributed by atoms with Crippen LogP contribution in [-0.2, 0) is 5.41 Å². The van der Waals surface area contributed by atoms with Crippen LogP contribution < -0.4 is 0 Å². The Balaban J connectivity index is 2.72. The lowest BCUT2D eigenvalue weighted by Crippen LogP contribution is -2.22. The highest BCUT2D eigenvalue weighted by Crippen LogP contribution is 2.44. The van der Waals surface area contributed by atoms with Crippen LogP contribution in [0.25, 0.3) is 0 Å². The molecule has 0 saturated carbocycles. The summed E-state index contributed by atoms with van der Waals surface area (Å²) in [5.41, 5.74) is 2.28. The zero-order chi connectivity index (χ0) is 11.2. The maximum Gasteiger partial charge on any atom is 0.295 e. The van der Waals surface area contributed by atoms with Crippen molar-refractivity contribution in [3.05, 3.63) is 33.9 Å². The summed E-state index contributed by atoms with van der Waals surface area (Å²) in [5.74, 6) is 0. The summed E-state index contributed by atoms with van der Waals surface area (Å²) in [6, 6.07) is 5.12. The van der Waals surface area contributed by atoms with Gasteiger partial charge in [0.25, 0.3) is 5.69 Å². The highest BCUT2D eigenvalue weighted by Gasteiger charge is 2.35. The Hall–Kier alpha value is -1.71. The summed E-state index contributed by atoms with van der Waals surface area (Å²) in [6.07, 6.45) is 0. The second-order valence-electron chi connectivity index (χ2n) is 4.25. The fourth-order valence-corrected chi connectivity index (χ4v) is 1.80. The van der Waals surface area contributed by atoms with Crippen molar-refractivity contribution in [3.8, 4) is 0 Å². The molecule has 0 radical (unpaired) electrons. The van der Waals surface area contributed by atoms with E-state index in [-0.39, 0.29) is 16.0 Å². The van der Waals surface area contributed by atoms with Crippen LogP contribution in [-0.4, -0.2) is 10.6 Å². The Morgan fingerprint density at radius 1 is 1.40 bits per heavy atom. The van der Waals surface area contributed by atoms with Gasteiger partial charge in [-0.15, -0.1) is 0 Å². The van der Waals surface area contributed by atoms with Crippen molar-refractivity contribution in [1.82, 2.24) is 0 Å². The molecule has 0 saturated heterocycles. The van der Waals surface area contributed by atoms with Crippen LogP contribution in [0.2, 0.25) is 0 Å². The van der Waals surface area contributed by atoms with Gasteiger partial charge in [-0.25, -0.2) is 4.99 Å². The Kier molecular flexibility index (Phi) is 1.89. The van der Waals surface area contributed by atoms with Crippen LogP contribution in [0.15, 0.2) is 23.2 Å². The quantitative estimate of drug-likeness (QED) is 0.521. The smallest absolute Gasteiger partial charge is 0.258 e. The highest BCUT2D eigenvalue weighted by molar-refractivity contribution is 6.01. The van der Waals surface area contributed by atoms with Crippen molar-refractivity contribution in [2.45, 2.75) is 26.2 Å². The third-order valence-corrected chi connectivity index (χ3v) is 3.07. The molecule has 0 N–H and O–H groups in total. The van der Waals surface area contributed by atoms with Crippen molar-refractivity contribution in [2.75, 3.05) is 0 Å². The lowest BCUT2D eigenvalue weighted by Gasteiger charge is -2.19. The summed E-state index contributed by atoms with van der Waals surface area (Å²) < 4.78 is 0. The summed E-state index contributed by atoms with van der Waals surface area (Å²) in [7, 11) is 0. The molecule has 0 aliphatic carbocycles. The molecule has 0 amide bonds. The average molecular weight is 204 g/mol. The van der Waals surface area contributed by atoms with Gasteiger partial charge in [0.05, 0.1) is 4.92 Å². The van der Waals surface area contributed by atoms with Crippen LogP contribution >= 0.6 is 0 Å². The predicted molar refractivity (Wildman–Crippen MR) is 58.9 cm³/mol. The summed E-state index contributed by atoms with van der Waals surface area (Å²) >= 11 is 0. The fraction of sp³-hybridized carbons (Fsp3) is 0.364. The minimum atomic E-state index is -0.378. The monoisotopic (exact) mass is 204 g/mol. The molecule has 4 nitrogen and oxygen atoms in total. The third kappa shape index (κ3) is 1.25. The Morgan fingerprint density at radius 2 is 2.07 bits per heavy atom. The SMILES string of the molecule is CC1=Nc2c([N+](=O)[O-])cccc2C1(C)C. The van der Waals surface area contributed by atoms with Crippen LogP contribution in [0.1, 0.15) is 26.3 Å². The molecule has 1 aliphatic heterocycles. The number of para-hydroxylation sites is 1. The third-order valence-electron chi connectivity index (χ3n) is 3.07. The Labute approximate surface area is 87.8 Å². The molecule has 1 heterocycles. The second-order valence-corrected chi connectivity index (χ2v) is 4.25. The van der Waals surface area contributed by atoms with Gasteiger partial charge in [0.2, 0.25) is 0 Å². The maximum absolute atomic E-state index is 10.8. The van der Waals surface area contributed by atoms with Gasteiger partial charge in [0, 0.05) is 17.2 Å². The normalized spacial score (nSPS) is 17.1. The molecule has 0 aromatic heterocycles. The van der Waals surface area contributed by atoms with Gasteiger partial charge < -0.3 is 0 Å². The number of nitro benzene ring substituents is 1. The van der Waals surface area contributed by atoms with E-state index in [4.69, 9.17) is 0 Å². The van der Waals surface area contributed by atoms with Crippen molar-refractivity contribution < 1.29 is 4.92 Å². The molecule has 0 unspecified atom stereocenters. The van der Waals surface area contributed by atoms with Crippen LogP contribution in [0.3, 0.4) is 0 Å². The van der Waals surface area contributed by atoms with E-state index in [1.807, 2.05) is 26.8 Å². The number of aliphatic imine (C=N–C) groups is 1. The largest absolute Gasteiger partial charge is 0.295 e. The van der Waals surface area contributed by atoms with E-state index in [1.54, 1.807) is 6.07 Å². The van der Waals surface area contributed by atoms with Gasteiger partial charge in [0.1, 0.15) is 5.69 Å². The summed E-state index contributed by atoms with van der Waals surface area (Å²) in [5, 5.41) is 10.8. The molecule has 0 fully saturated rings. The summed E-state index contributed by atoms with van der Waals surface area (Å²) in [4.78, 5) is 14.7. The molecule has 0 atom stereocenters. The number of rotatable bonds is 1. The lowest BCUT2D eigenvalue weighted by atomic mass is 9.82. The van der Waals surface area contributed by atoms with E-state index < -0.39 is 0 Å². The zero-order valence-electron chi connectivity index (χ0n) is 8.94. The lowest BCUT2D eigenvalue weighted by molar-refractivity contribution is -0.384. The number of nitro groups is 1. The first kappa shape index (κ1) is 9.83. The maximum atomic E-state index is 10.8. The van der Waals surface area contributed by atoms with Crippen molar-refractivity contribution in [1.29, 1.82) is 0 Å². The first-order chi connectivity index (χ1) is 6.94. The molecule has 1 aromatic carbocycles. The molecular weight excluding hydrogens is 192 g/mol. The predicted octanol–water partition coefficient (Wildman–Crippen LogP) is 2.98. The molecule has 0 spiro atoms. The summed E-state index contributed by atoms with van der Waals surface area (Å²) in [6.45, 7) is 5.96. The number of fused-ring (bicyclic) bond motifs is 1. The Morgan fingerprint density at radius 3 is 2.67 bits per heavy atom. The molecule has 15 heavy (non-hydrogen) atoms. The Bertz CT molecular complexity index is 475. The van der Waals surface area contributed by atoms with Gasteiger partial charge in [-0.2, -0.15) is 0 Å². The van der Waals surface area contributed by atoms with Gasteiger partial charge >= 0.3 is 0 Å². The molecule has 4 heteroatoms. The molecule has 0 bridgehead atoms. The van der Waals surface area contributed by atoms with E-state index in [9.17, 15) is 10.1 Å². The number of nitrogens with zero attached hydrogens (tertiary/aromatic N) is 2. The highest BCUT2D eigenvalue weighted by atomic mass is 16.6. The molecule has 2 rings (SSSR count). The zero-order valence-corrected chi connectivity index (χ0v) is 8.94. The molecule has 1 aromatic rings. The van der Waals surface area contributed by atoms with Crippen LogP contribution in [0.4, 0.5) is 11.4 Å². The number of hydrogen-bond donors (Lipinski definition) is 0. The number of hydrogen-bond acceptors (Lipinski definition) is 3.